The SMILES string of the molecule is CC(CC(N)=O)n1c(SCC(=O)O)nnc1C1CC1. The van der Waals surface area contributed by atoms with Gasteiger partial charge in [0, 0.05) is 18.4 Å². The molecule has 0 aliphatic heterocycles. The summed E-state index contributed by atoms with van der Waals surface area (Å²) in [7, 11) is 0. The largest absolute Gasteiger partial charge is 0.481 e. The normalized spacial score (nSPS) is 16.3. The number of carboxylic acids is 1. The molecule has 8 heteroatoms. The summed E-state index contributed by atoms with van der Waals surface area (Å²) < 4.78 is 1.86. The molecule has 1 atom stereocenters. The Morgan fingerprint density at radius 1 is 1.53 bits per heavy atom. The zero-order valence-electron chi connectivity index (χ0n) is 10.6. The molecule has 0 aromatic carbocycles. The monoisotopic (exact) mass is 284 g/mol. The van der Waals surface area contributed by atoms with Gasteiger partial charge in [-0.1, -0.05) is 11.8 Å². The fourth-order valence-electron chi connectivity index (χ4n) is 1.93. The number of carboxylic acid groups (broad SMARTS) is 1. The van der Waals surface area contributed by atoms with Gasteiger partial charge in [-0.3, -0.25) is 9.59 Å². The highest BCUT2D eigenvalue weighted by Crippen LogP contribution is 2.41. The summed E-state index contributed by atoms with van der Waals surface area (Å²) in [6.45, 7) is 1.87. The minimum Gasteiger partial charge on any atom is -0.481 e. The van der Waals surface area contributed by atoms with Crippen molar-refractivity contribution in [3.05, 3.63) is 5.82 Å². The number of nitrogens with zero attached hydrogens (tertiary/aromatic N) is 3. The lowest BCUT2D eigenvalue weighted by molar-refractivity contribution is -0.134. The fraction of sp³-hybridized carbons (Fsp3) is 0.636. The third kappa shape index (κ3) is 3.46. The second-order valence-electron chi connectivity index (χ2n) is 4.69. The number of thioether (sulfide) groups is 1. The van der Waals surface area contributed by atoms with Crippen molar-refractivity contribution in [3.63, 3.8) is 0 Å². The third-order valence-electron chi connectivity index (χ3n) is 2.90. The molecular weight excluding hydrogens is 268 g/mol. The van der Waals surface area contributed by atoms with E-state index in [9.17, 15) is 9.59 Å². The Labute approximate surface area is 114 Å². The van der Waals surface area contributed by atoms with Crippen molar-refractivity contribution in [1.82, 2.24) is 14.8 Å². The maximum Gasteiger partial charge on any atom is 0.313 e. The van der Waals surface area contributed by atoms with E-state index in [2.05, 4.69) is 10.2 Å². The van der Waals surface area contributed by atoms with Crippen LogP contribution in [0.25, 0.3) is 0 Å². The molecule has 1 unspecified atom stereocenters. The molecule has 0 radical (unpaired) electrons. The van der Waals surface area contributed by atoms with E-state index in [1.54, 1.807) is 0 Å². The van der Waals surface area contributed by atoms with Gasteiger partial charge in [0.1, 0.15) is 5.82 Å². The van der Waals surface area contributed by atoms with Gasteiger partial charge in [0.15, 0.2) is 5.16 Å². The molecule has 1 aliphatic rings. The Morgan fingerprint density at radius 3 is 2.74 bits per heavy atom. The van der Waals surface area contributed by atoms with Gasteiger partial charge in [-0.25, -0.2) is 0 Å². The molecule has 2 rings (SSSR count). The second kappa shape index (κ2) is 5.60. The van der Waals surface area contributed by atoms with Gasteiger partial charge >= 0.3 is 5.97 Å². The smallest absolute Gasteiger partial charge is 0.313 e. The van der Waals surface area contributed by atoms with Crippen molar-refractivity contribution in [2.24, 2.45) is 5.73 Å². The van der Waals surface area contributed by atoms with E-state index in [1.165, 1.54) is 0 Å². The van der Waals surface area contributed by atoms with Crippen LogP contribution in [0.15, 0.2) is 5.16 Å². The van der Waals surface area contributed by atoms with Crippen molar-refractivity contribution in [3.8, 4) is 0 Å². The summed E-state index contributed by atoms with van der Waals surface area (Å²) in [5.41, 5.74) is 5.22. The first kappa shape index (κ1) is 13.9. The van der Waals surface area contributed by atoms with Crippen LogP contribution in [0.4, 0.5) is 0 Å². The number of primary amides is 1. The first-order valence-electron chi connectivity index (χ1n) is 6.06. The number of carbonyl (C=O) groups is 2. The standard InChI is InChI=1S/C11H16N4O3S/c1-6(4-8(12)16)15-10(7-2-3-7)13-14-11(15)19-5-9(17)18/h6-7H,2-5H2,1H3,(H2,12,16)(H,17,18). The molecule has 1 saturated carbocycles. The molecule has 104 valence electrons. The van der Waals surface area contributed by atoms with Crippen molar-refractivity contribution in [2.75, 3.05) is 5.75 Å². The van der Waals surface area contributed by atoms with E-state index in [0.717, 1.165) is 30.4 Å². The number of aromatic nitrogens is 3. The van der Waals surface area contributed by atoms with Gasteiger partial charge in [-0.2, -0.15) is 0 Å². The van der Waals surface area contributed by atoms with Crippen LogP contribution in [0.2, 0.25) is 0 Å². The lowest BCUT2D eigenvalue weighted by Crippen LogP contribution is -2.19. The molecule has 1 aromatic rings. The highest BCUT2D eigenvalue weighted by molar-refractivity contribution is 7.99. The highest BCUT2D eigenvalue weighted by atomic mass is 32.2. The molecule has 1 aromatic heterocycles. The molecule has 0 saturated heterocycles. The molecule has 0 spiro atoms. The maximum absolute atomic E-state index is 11.0. The van der Waals surface area contributed by atoms with Crippen LogP contribution in [0, 0.1) is 0 Å². The van der Waals surface area contributed by atoms with Crippen molar-refractivity contribution < 1.29 is 14.7 Å². The molecule has 0 bridgehead atoms. The average molecular weight is 284 g/mol. The number of hydrogen-bond acceptors (Lipinski definition) is 5. The molecule has 1 amide bonds. The number of carbonyl (C=O) groups excluding carboxylic acids is 1. The number of nitrogens with two attached hydrogens (primary N) is 1. The summed E-state index contributed by atoms with van der Waals surface area (Å²) in [6.07, 6.45) is 2.31. The topological polar surface area (TPSA) is 111 Å². The van der Waals surface area contributed by atoms with E-state index >= 15 is 0 Å². The minimum atomic E-state index is -0.907. The van der Waals surface area contributed by atoms with E-state index < -0.39 is 11.9 Å². The Bertz CT molecular complexity index is 498. The number of aliphatic carboxylic acids is 1. The molecule has 3 N–H and O–H groups in total. The van der Waals surface area contributed by atoms with Crippen LogP contribution >= 0.6 is 11.8 Å². The predicted octanol–water partition coefficient (Wildman–Crippen LogP) is 0.769. The predicted molar refractivity (Wildman–Crippen MR) is 68.9 cm³/mol. The van der Waals surface area contributed by atoms with Crippen LogP contribution in [0.5, 0.6) is 0 Å². The maximum atomic E-state index is 11.0. The van der Waals surface area contributed by atoms with Crippen molar-refractivity contribution in [2.45, 2.75) is 43.3 Å². The van der Waals surface area contributed by atoms with Gasteiger partial charge in [0.2, 0.25) is 5.91 Å². The Morgan fingerprint density at radius 2 is 2.21 bits per heavy atom. The number of hydrogen-bond donors (Lipinski definition) is 2. The summed E-state index contributed by atoms with van der Waals surface area (Å²) >= 11 is 1.11. The van der Waals surface area contributed by atoms with E-state index in [1.807, 2.05) is 11.5 Å². The lowest BCUT2D eigenvalue weighted by atomic mass is 10.2. The van der Waals surface area contributed by atoms with E-state index in [0.29, 0.717) is 11.1 Å². The first-order valence-corrected chi connectivity index (χ1v) is 7.05. The Balaban J connectivity index is 2.22. The van der Waals surface area contributed by atoms with Gasteiger partial charge in [0.25, 0.3) is 0 Å². The van der Waals surface area contributed by atoms with Crippen LogP contribution in [-0.2, 0) is 9.59 Å². The summed E-state index contributed by atoms with van der Waals surface area (Å²) in [6, 6.07) is -0.153. The summed E-state index contributed by atoms with van der Waals surface area (Å²) in [5, 5.41) is 17.4. The molecule has 1 heterocycles. The van der Waals surface area contributed by atoms with Crippen LogP contribution in [0.1, 0.15) is 44.0 Å². The second-order valence-corrected chi connectivity index (χ2v) is 5.63. The lowest BCUT2D eigenvalue weighted by Gasteiger charge is -2.16. The van der Waals surface area contributed by atoms with Crippen molar-refractivity contribution in [1.29, 1.82) is 0 Å². The molecule has 1 fully saturated rings. The van der Waals surface area contributed by atoms with Gasteiger partial charge in [-0.15, -0.1) is 10.2 Å². The highest BCUT2D eigenvalue weighted by Gasteiger charge is 2.32. The number of amides is 1. The van der Waals surface area contributed by atoms with Crippen LogP contribution in [0.3, 0.4) is 0 Å². The van der Waals surface area contributed by atoms with Gasteiger partial charge in [0.05, 0.1) is 5.75 Å². The Kier molecular flexibility index (Phi) is 4.08. The quantitative estimate of drug-likeness (QED) is 0.715. The third-order valence-corrected chi connectivity index (χ3v) is 3.82. The Hall–Kier alpha value is -1.57. The van der Waals surface area contributed by atoms with Crippen LogP contribution in [-0.4, -0.2) is 37.5 Å². The van der Waals surface area contributed by atoms with Gasteiger partial charge < -0.3 is 15.4 Å². The van der Waals surface area contributed by atoms with Crippen molar-refractivity contribution >= 4 is 23.6 Å². The molecular formula is C11H16N4O3S. The van der Waals surface area contributed by atoms with E-state index in [-0.39, 0.29) is 18.2 Å². The molecule has 7 nitrogen and oxygen atoms in total. The summed E-state index contributed by atoms with van der Waals surface area (Å²) in [4.78, 5) is 21.7. The van der Waals surface area contributed by atoms with E-state index in [4.69, 9.17) is 10.8 Å². The molecule has 1 aliphatic carbocycles. The average Bonchev–Trinajstić information content (AvgIpc) is 3.05. The first-order chi connectivity index (χ1) is 8.99. The van der Waals surface area contributed by atoms with Gasteiger partial charge in [-0.05, 0) is 19.8 Å². The zero-order chi connectivity index (χ0) is 14.0. The minimum absolute atomic E-state index is 0.0773. The van der Waals surface area contributed by atoms with Crippen LogP contribution < -0.4 is 5.73 Å². The molecule has 19 heavy (non-hydrogen) atoms. The summed E-state index contributed by atoms with van der Waals surface area (Å²) in [5.74, 6) is -0.164. The number of rotatable bonds is 7. The zero-order valence-corrected chi connectivity index (χ0v) is 11.4. The fourth-order valence-corrected chi connectivity index (χ4v) is 2.69.